The Balaban J connectivity index is 0. The SMILES string of the molecule is C[N-]C(=O)C(CC=O)C(C)C.[V]. The van der Waals surface area contributed by atoms with Crippen LogP contribution in [0.15, 0.2) is 0 Å². The molecule has 0 heterocycles. The second kappa shape index (κ2) is 7.38. The molecule has 0 bridgehead atoms. The number of carbonyl (C=O) groups excluding carboxylic acids is 2. The molecule has 0 N–H and O–H groups in total. The predicted octanol–water partition coefficient (Wildman–Crippen LogP) is 1.38. The van der Waals surface area contributed by atoms with Crippen molar-refractivity contribution in [3.63, 3.8) is 0 Å². The first-order chi connectivity index (χ1) is 5.13. The Morgan fingerprint density at radius 3 is 2.25 bits per heavy atom. The molecule has 3 nitrogen and oxygen atoms in total. The van der Waals surface area contributed by atoms with E-state index in [2.05, 4.69) is 5.32 Å². The van der Waals surface area contributed by atoms with Gasteiger partial charge in [0.05, 0.1) is 5.91 Å². The molecule has 0 spiro atoms. The molecule has 0 aliphatic heterocycles. The number of carbonyl (C=O) groups is 2. The maximum atomic E-state index is 11.0. The Morgan fingerprint density at radius 2 is 2.00 bits per heavy atom. The van der Waals surface area contributed by atoms with Crippen molar-refractivity contribution in [3.8, 4) is 0 Å². The van der Waals surface area contributed by atoms with E-state index in [1.165, 1.54) is 7.05 Å². The van der Waals surface area contributed by atoms with Gasteiger partial charge in [0.1, 0.15) is 6.29 Å². The molecular weight excluding hydrogens is 193 g/mol. The summed E-state index contributed by atoms with van der Waals surface area (Å²) < 4.78 is 0. The van der Waals surface area contributed by atoms with Gasteiger partial charge in [-0.2, -0.15) is 0 Å². The zero-order chi connectivity index (χ0) is 8.85. The van der Waals surface area contributed by atoms with E-state index in [9.17, 15) is 9.59 Å². The van der Waals surface area contributed by atoms with E-state index < -0.39 is 0 Å². The molecule has 1 amide bonds. The predicted molar refractivity (Wildman–Crippen MR) is 43.3 cm³/mol. The molecule has 12 heavy (non-hydrogen) atoms. The molecule has 1 atom stereocenters. The molecule has 0 aromatic carbocycles. The number of aldehydes is 1. The number of rotatable bonds is 4. The first-order valence-electron chi connectivity index (χ1n) is 3.70. The van der Waals surface area contributed by atoms with Crippen LogP contribution in [0.5, 0.6) is 0 Å². The third kappa shape index (κ3) is 4.57. The van der Waals surface area contributed by atoms with Crippen molar-refractivity contribution in [2.75, 3.05) is 7.05 Å². The van der Waals surface area contributed by atoms with E-state index in [0.29, 0.717) is 0 Å². The molecule has 1 radical (unpaired) electrons. The van der Waals surface area contributed by atoms with Crippen molar-refractivity contribution in [2.24, 2.45) is 11.8 Å². The standard InChI is InChI=1S/C8H15NO2.V/c1-6(2)7(4-5-10)8(11)9-3;/h5-7H,4H2,1-3H3,(H,9,11);/p-1. The molecule has 0 aliphatic rings. The summed E-state index contributed by atoms with van der Waals surface area (Å²) in [5.41, 5.74) is 0. The fourth-order valence-corrected chi connectivity index (χ4v) is 0.928. The van der Waals surface area contributed by atoms with Gasteiger partial charge in [0.25, 0.3) is 0 Å². The van der Waals surface area contributed by atoms with Crippen LogP contribution >= 0.6 is 0 Å². The summed E-state index contributed by atoms with van der Waals surface area (Å²) in [6.07, 6.45) is 1.06. The Bertz CT molecular complexity index is 148. The zero-order valence-electron chi connectivity index (χ0n) is 7.65. The summed E-state index contributed by atoms with van der Waals surface area (Å²) in [5.74, 6) is -0.207. The molecule has 0 fully saturated rings. The van der Waals surface area contributed by atoms with Crippen molar-refractivity contribution in [1.82, 2.24) is 0 Å². The smallest absolute Gasteiger partial charge is 0.120 e. The maximum Gasteiger partial charge on any atom is 0.120 e. The molecular formula is C8H14NO2V-. The minimum Gasteiger partial charge on any atom is -0.656 e. The van der Waals surface area contributed by atoms with Crippen LogP contribution in [0.25, 0.3) is 5.32 Å². The second-order valence-corrected chi connectivity index (χ2v) is 2.81. The van der Waals surface area contributed by atoms with E-state index in [1.54, 1.807) is 0 Å². The largest absolute Gasteiger partial charge is 0.656 e. The van der Waals surface area contributed by atoms with Crippen LogP contribution in [0, 0.1) is 11.8 Å². The molecule has 69 valence electrons. The van der Waals surface area contributed by atoms with Gasteiger partial charge in [0, 0.05) is 30.9 Å². The molecule has 0 rings (SSSR count). The Labute approximate surface area is 85.2 Å². The van der Waals surface area contributed by atoms with Crippen LogP contribution in [0.4, 0.5) is 0 Å². The number of hydrogen-bond donors (Lipinski definition) is 0. The Kier molecular flexibility index (Phi) is 8.77. The van der Waals surface area contributed by atoms with Crippen molar-refractivity contribution in [1.29, 1.82) is 0 Å². The fraction of sp³-hybridized carbons (Fsp3) is 0.750. The van der Waals surface area contributed by atoms with Gasteiger partial charge in [0.15, 0.2) is 0 Å². The van der Waals surface area contributed by atoms with Crippen LogP contribution < -0.4 is 0 Å². The van der Waals surface area contributed by atoms with Crippen molar-refractivity contribution < 1.29 is 28.1 Å². The average molecular weight is 207 g/mol. The van der Waals surface area contributed by atoms with E-state index >= 15 is 0 Å². The quantitative estimate of drug-likeness (QED) is 0.653. The van der Waals surface area contributed by atoms with Gasteiger partial charge in [-0.1, -0.05) is 13.8 Å². The minimum atomic E-state index is -0.225. The first-order valence-corrected chi connectivity index (χ1v) is 3.70. The minimum absolute atomic E-state index is 0. The van der Waals surface area contributed by atoms with Crippen LogP contribution in [0.1, 0.15) is 20.3 Å². The summed E-state index contributed by atoms with van der Waals surface area (Å²) in [5, 5.41) is 3.53. The van der Waals surface area contributed by atoms with Gasteiger partial charge in [-0.05, 0) is 5.92 Å². The van der Waals surface area contributed by atoms with Gasteiger partial charge in [-0.3, -0.25) is 0 Å². The normalized spacial score (nSPS) is 11.7. The monoisotopic (exact) mass is 207 g/mol. The number of amides is 1. The molecule has 0 saturated carbocycles. The second-order valence-electron chi connectivity index (χ2n) is 2.81. The van der Waals surface area contributed by atoms with Crippen LogP contribution in [0.3, 0.4) is 0 Å². The molecule has 4 heteroatoms. The van der Waals surface area contributed by atoms with Gasteiger partial charge < -0.3 is 14.9 Å². The summed E-state index contributed by atoms with van der Waals surface area (Å²) >= 11 is 0. The summed E-state index contributed by atoms with van der Waals surface area (Å²) in [4.78, 5) is 21.2. The van der Waals surface area contributed by atoms with Gasteiger partial charge in [0.2, 0.25) is 0 Å². The Hall–Kier alpha value is -0.276. The molecule has 0 aromatic heterocycles. The van der Waals surface area contributed by atoms with E-state index in [-0.39, 0.29) is 42.7 Å². The van der Waals surface area contributed by atoms with Crippen LogP contribution in [-0.2, 0) is 28.1 Å². The molecule has 0 saturated heterocycles. The Morgan fingerprint density at radius 1 is 1.50 bits per heavy atom. The summed E-state index contributed by atoms with van der Waals surface area (Å²) in [6.45, 7) is 3.83. The molecule has 0 aromatic rings. The number of hydrogen-bond acceptors (Lipinski definition) is 2. The zero-order valence-corrected chi connectivity index (χ0v) is 9.05. The van der Waals surface area contributed by atoms with E-state index in [1.807, 2.05) is 13.8 Å². The number of nitrogens with zero attached hydrogens (tertiary/aromatic N) is 1. The maximum absolute atomic E-state index is 11.0. The van der Waals surface area contributed by atoms with E-state index in [4.69, 9.17) is 0 Å². The fourth-order valence-electron chi connectivity index (χ4n) is 0.928. The molecule has 0 aliphatic carbocycles. The average Bonchev–Trinajstić information content (AvgIpc) is 1.98. The van der Waals surface area contributed by atoms with Gasteiger partial charge in [-0.25, -0.2) is 0 Å². The third-order valence-corrected chi connectivity index (χ3v) is 1.69. The van der Waals surface area contributed by atoms with Gasteiger partial charge >= 0.3 is 0 Å². The van der Waals surface area contributed by atoms with Gasteiger partial charge in [-0.15, -0.1) is 7.05 Å². The topological polar surface area (TPSA) is 48.2 Å². The summed E-state index contributed by atoms with van der Waals surface area (Å²) in [7, 11) is 1.46. The summed E-state index contributed by atoms with van der Waals surface area (Å²) in [6, 6.07) is 0. The van der Waals surface area contributed by atoms with E-state index in [0.717, 1.165) is 6.29 Å². The van der Waals surface area contributed by atoms with Crippen LogP contribution in [0.2, 0.25) is 0 Å². The van der Waals surface area contributed by atoms with Crippen LogP contribution in [-0.4, -0.2) is 19.2 Å². The van der Waals surface area contributed by atoms with Crippen molar-refractivity contribution in [2.45, 2.75) is 20.3 Å². The third-order valence-electron chi connectivity index (χ3n) is 1.69. The first kappa shape index (κ1) is 14.3. The van der Waals surface area contributed by atoms with Crippen molar-refractivity contribution >= 4 is 12.2 Å². The molecule has 1 unspecified atom stereocenters. The van der Waals surface area contributed by atoms with Crippen molar-refractivity contribution in [3.05, 3.63) is 5.32 Å².